The summed E-state index contributed by atoms with van der Waals surface area (Å²) in [7, 11) is 0. The molecular weight excluding hydrogens is 472 g/mol. The zero-order chi connectivity index (χ0) is 21.6. The fourth-order valence-electron chi connectivity index (χ4n) is 3.71. The van der Waals surface area contributed by atoms with Gasteiger partial charge in [0.25, 0.3) is 0 Å². The summed E-state index contributed by atoms with van der Waals surface area (Å²) >= 11 is 0. The Balaban J connectivity index is 0.00000259. The maximum absolute atomic E-state index is 4.56. The van der Waals surface area contributed by atoms with Crippen molar-refractivity contribution in [2.24, 2.45) is 10.1 Å². The van der Waals surface area contributed by atoms with Gasteiger partial charge in [-0.25, -0.2) is 10.4 Å². The van der Waals surface area contributed by atoms with Crippen LogP contribution in [0.2, 0.25) is 0 Å². The summed E-state index contributed by atoms with van der Waals surface area (Å²) in [5, 5.41) is 12.7. The number of fused-ring (bicyclic) bond motifs is 2. The van der Waals surface area contributed by atoms with E-state index in [2.05, 4.69) is 118 Å². The van der Waals surface area contributed by atoms with Crippen molar-refractivity contribution >= 4 is 62.3 Å². The molecule has 0 aliphatic carbocycles. The summed E-state index contributed by atoms with van der Waals surface area (Å²) in [5.74, 6) is 0.709. The number of allylic oxidation sites excluding steroid dienone is 2. The number of halogens is 1. The van der Waals surface area contributed by atoms with Gasteiger partial charge in [0.1, 0.15) is 0 Å². The minimum absolute atomic E-state index is 0. The molecule has 1 aliphatic rings. The van der Waals surface area contributed by atoms with Gasteiger partial charge in [-0.2, -0.15) is 5.10 Å². The molecule has 33 heavy (non-hydrogen) atoms. The van der Waals surface area contributed by atoms with Crippen molar-refractivity contribution in [1.29, 1.82) is 0 Å². The first-order valence-corrected chi connectivity index (χ1v) is 10.8. The number of hydrogen-bond donors (Lipinski definition) is 2. The summed E-state index contributed by atoms with van der Waals surface area (Å²) in [5.41, 5.74) is 6.11. The second-order valence-electron chi connectivity index (χ2n) is 7.69. The van der Waals surface area contributed by atoms with E-state index in [1.807, 2.05) is 12.2 Å². The normalized spacial score (nSPS) is 13.2. The van der Waals surface area contributed by atoms with E-state index in [1.165, 1.54) is 21.5 Å². The number of aliphatic imine (C=N–C) groups is 1. The van der Waals surface area contributed by atoms with Crippen LogP contribution in [0, 0.1) is 0 Å². The molecule has 2 N–H and O–H groups in total. The molecule has 1 aliphatic heterocycles. The van der Waals surface area contributed by atoms with Crippen molar-refractivity contribution in [2.75, 3.05) is 13.1 Å². The van der Waals surface area contributed by atoms with Crippen LogP contribution in [0.1, 0.15) is 11.1 Å². The summed E-state index contributed by atoms with van der Waals surface area (Å²) < 4.78 is 0. The number of guanidine groups is 1. The van der Waals surface area contributed by atoms with Crippen LogP contribution < -0.4 is 10.7 Å². The SMILES string of the molecule is Br.C(=C\c1ccc2ccccc2c1)/C(/C=C/c1ccc2ccccc2c1)=NNC1=NCCN1. The lowest BCUT2D eigenvalue weighted by Crippen LogP contribution is -2.30. The minimum atomic E-state index is 0. The molecular formula is C28H25BrN4. The minimum Gasteiger partial charge on any atom is -0.353 e. The van der Waals surface area contributed by atoms with Gasteiger partial charge >= 0.3 is 0 Å². The molecule has 0 aromatic heterocycles. The first-order chi connectivity index (χ1) is 15.8. The zero-order valence-electron chi connectivity index (χ0n) is 18.1. The van der Waals surface area contributed by atoms with Crippen molar-refractivity contribution in [2.45, 2.75) is 0 Å². The Bertz CT molecular complexity index is 1290. The Kier molecular flexibility index (Phi) is 7.33. The highest BCUT2D eigenvalue weighted by Gasteiger charge is 2.02. The quantitative estimate of drug-likeness (QED) is 0.255. The van der Waals surface area contributed by atoms with Crippen LogP contribution in [0.4, 0.5) is 0 Å². The highest BCUT2D eigenvalue weighted by atomic mass is 79.9. The van der Waals surface area contributed by atoms with Crippen LogP contribution in [-0.4, -0.2) is 24.8 Å². The standard InChI is InChI=1S/C28H24N4.BrH/c1-3-7-25-19-21(9-13-23(25)5-1)11-15-27(31-32-28-29-17-18-30-28)16-12-22-10-14-24-6-2-4-8-26(24)20-22;/h1-16,19-20H,17-18H2,(H2,29,30,32);1H/b15-11+,16-12+;. The lowest BCUT2D eigenvalue weighted by molar-refractivity contribution is 0.918. The van der Waals surface area contributed by atoms with E-state index >= 15 is 0 Å². The molecule has 4 aromatic rings. The second-order valence-corrected chi connectivity index (χ2v) is 7.69. The van der Waals surface area contributed by atoms with Crippen LogP contribution in [0.3, 0.4) is 0 Å². The van der Waals surface area contributed by atoms with E-state index in [4.69, 9.17) is 0 Å². The molecule has 1 heterocycles. The smallest absolute Gasteiger partial charge is 0.212 e. The maximum Gasteiger partial charge on any atom is 0.212 e. The number of nitrogens with zero attached hydrogens (tertiary/aromatic N) is 2. The fourth-order valence-corrected chi connectivity index (χ4v) is 3.71. The number of hydrogen-bond acceptors (Lipinski definition) is 4. The lowest BCUT2D eigenvalue weighted by atomic mass is 10.1. The molecule has 0 radical (unpaired) electrons. The third kappa shape index (κ3) is 5.76. The highest BCUT2D eigenvalue weighted by Crippen LogP contribution is 2.18. The van der Waals surface area contributed by atoms with Gasteiger partial charge in [0.2, 0.25) is 5.96 Å². The van der Waals surface area contributed by atoms with E-state index in [-0.39, 0.29) is 17.0 Å². The second kappa shape index (κ2) is 10.7. The molecule has 4 aromatic carbocycles. The van der Waals surface area contributed by atoms with Gasteiger partial charge in [0.05, 0.1) is 12.3 Å². The van der Waals surface area contributed by atoms with Gasteiger partial charge in [0, 0.05) is 6.54 Å². The molecule has 0 atom stereocenters. The highest BCUT2D eigenvalue weighted by molar-refractivity contribution is 8.93. The molecule has 0 spiro atoms. The Morgan fingerprint density at radius 3 is 1.82 bits per heavy atom. The lowest BCUT2D eigenvalue weighted by Gasteiger charge is -2.03. The van der Waals surface area contributed by atoms with Crippen LogP contribution in [0.25, 0.3) is 33.7 Å². The van der Waals surface area contributed by atoms with Crippen LogP contribution in [0.15, 0.2) is 107 Å². The van der Waals surface area contributed by atoms with Crippen LogP contribution >= 0.6 is 17.0 Å². The van der Waals surface area contributed by atoms with Gasteiger partial charge in [0.15, 0.2) is 0 Å². The maximum atomic E-state index is 4.56. The number of nitrogens with one attached hydrogen (secondary N) is 2. The summed E-state index contributed by atoms with van der Waals surface area (Å²) in [6, 6.07) is 29.7. The van der Waals surface area contributed by atoms with E-state index in [1.54, 1.807) is 0 Å². The van der Waals surface area contributed by atoms with Gasteiger partial charge in [-0.3, -0.25) is 0 Å². The number of benzene rings is 4. The Hall–Kier alpha value is -3.70. The molecule has 0 bridgehead atoms. The molecule has 0 unspecified atom stereocenters. The summed E-state index contributed by atoms with van der Waals surface area (Å²) in [6.45, 7) is 1.61. The van der Waals surface area contributed by atoms with Crippen LogP contribution in [0.5, 0.6) is 0 Å². The molecule has 4 nitrogen and oxygen atoms in total. The van der Waals surface area contributed by atoms with Crippen molar-refractivity contribution in [3.63, 3.8) is 0 Å². The number of rotatable bonds is 5. The fraction of sp³-hybridized carbons (Fsp3) is 0.0714. The van der Waals surface area contributed by atoms with Gasteiger partial charge in [-0.1, -0.05) is 84.9 Å². The van der Waals surface area contributed by atoms with E-state index in [0.717, 1.165) is 29.9 Å². The Morgan fingerprint density at radius 2 is 1.30 bits per heavy atom. The first kappa shape index (κ1) is 22.5. The molecule has 5 rings (SSSR count). The van der Waals surface area contributed by atoms with Crippen LogP contribution in [-0.2, 0) is 0 Å². The third-order valence-corrected chi connectivity index (χ3v) is 5.41. The van der Waals surface area contributed by atoms with Crippen molar-refractivity contribution in [1.82, 2.24) is 10.7 Å². The van der Waals surface area contributed by atoms with Crippen molar-refractivity contribution < 1.29 is 0 Å². The molecule has 0 amide bonds. The molecule has 164 valence electrons. The third-order valence-electron chi connectivity index (χ3n) is 5.41. The molecule has 5 heteroatoms. The van der Waals surface area contributed by atoms with E-state index in [0.29, 0.717) is 5.96 Å². The average Bonchev–Trinajstić information content (AvgIpc) is 3.37. The predicted octanol–water partition coefficient (Wildman–Crippen LogP) is 6.20. The predicted molar refractivity (Wildman–Crippen MR) is 147 cm³/mol. The Morgan fingerprint density at radius 1 is 0.758 bits per heavy atom. The monoisotopic (exact) mass is 496 g/mol. The summed E-state index contributed by atoms with van der Waals surface area (Å²) in [6.07, 6.45) is 8.21. The van der Waals surface area contributed by atoms with E-state index < -0.39 is 0 Å². The van der Waals surface area contributed by atoms with Gasteiger partial charge in [-0.15, -0.1) is 17.0 Å². The first-order valence-electron chi connectivity index (χ1n) is 10.8. The Labute approximate surface area is 204 Å². The number of hydrazone groups is 1. The summed E-state index contributed by atoms with van der Waals surface area (Å²) in [4.78, 5) is 4.35. The molecule has 0 saturated heterocycles. The van der Waals surface area contributed by atoms with Crippen molar-refractivity contribution in [3.8, 4) is 0 Å². The largest absolute Gasteiger partial charge is 0.353 e. The van der Waals surface area contributed by atoms with Crippen molar-refractivity contribution in [3.05, 3.63) is 108 Å². The van der Waals surface area contributed by atoms with Gasteiger partial charge in [-0.05, 0) is 57.0 Å². The average molecular weight is 497 g/mol. The topological polar surface area (TPSA) is 48.8 Å². The zero-order valence-corrected chi connectivity index (χ0v) is 19.8. The molecule has 0 fully saturated rings. The van der Waals surface area contributed by atoms with Gasteiger partial charge < -0.3 is 5.32 Å². The van der Waals surface area contributed by atoms with E-state index in [9.17, 15) is 0 Å². The molecule has 0 saturated carbocycles.